The molecule has 0 saturated heterocycles. The quantitative estimate of drug-likeness (QED) is 0.418. The molecule has 0 saturated carbocycles. The number of nitrogens with zero attached hydrogens (tertiary/aromatic N) is 1. The summed E-state index contributed by atoms with van der Waals surface area (Å²) in [6.45, 7) is 2.37. The lowest BCUT2D eigenvalue weighted by molar-refractivity contribution is -0.386. The van der Waals surface area contributed by atoms with Crippen LogP contribution in [0, 0.1) is 15.9 Å². The fourth-order valence-electron chi connectivity index (χ4n) is 1.43. The minimum absolute atomic E-state index is 0.188. The Labute approximate surface area is 104 Å². The Bertz CT molecular complexity index is 401. The van der Waals surface area contributed by atoms with Gasteiger partial charge in [0.2, 0.25) is 5.82 Å². The third kappa shape index (κ3) is 4.27. The second kappa shape index (κ2) is 7.57. The number of benzene rings is 1. The molecule has 0 aliphatic heterocycles. The average Bonchev–Trinajstić information content (AvgIpc) is 2.33. The Kier molecular flexibility index (Phi) is 6.03. The van der Waals surface area contributed by atoms with Gasteiger partial charge in [0.15, 0.2) is 0 Å². The molecule has 0 spiro atoms. The Balaban J connectivity index is 2.47. The van der Waals surface area contributed by atoms with Crippen LogP contribution in [0.25, 0.3) is 0 Å². The van der Waals surface area contributed by atoms with E-state index >= 15 is 0 Å². The van der Waals surface area contributed by atoms with Gasteiger partial charge >= 0.3 is 5.69 Å². The van der Waals surface area contributed by atoms with E-state index in [1.807, 2.05) is 0 Å². The van der Waals surface area contributed by atoms with Crippen molar-refractivity contribution in [2.75, 3.05) is 38.7 Å². The van der Waals surface area contributed by atoms with Crippen molar-refractivity contribution in [2.24, 2.45) is 0 Å². The van der Waals surface area contributed by atoms with Gasteiger partial charge in [-0.2, -0.15) is 4.39 Å². The number of anilines is 1. The van der Waals surface area contributed by atoms with E-state index in [0.717, 1.165) is 6.07 Å². The fourth-order valence-corrected chi connectivity index (χ4v) is 1.43. The largest absolute Gasteiger partial charge is 0.383 e. The highest BCUT2D eigenvalue weighted by atomic mass is 19.1. The zero-order chi connectivity index (χ0) is 13.4. The molecule has 1 aromatic rings. The molecular formula is C11H16FN3O3. The Morgan fingerprint density at radius 1 is 1.39 bits per heavy atom. The van der Waals surface area contributed by atoms with Crippen molar-refractivity contribution in [2.45, 2.75) is 0 Å². The summed E-state index contributed by atoms with van der Waals surface area (Å²) in [6.07, 6.45) is 0. The van der Waals surface area contributed by atoms with Crippen LogP contribution in [-0.4, -0.2) is 38.3 Å². The molecule has 7 heteroatoms. The van der Waals surface area contributed by atoms with Crippen molar-refractivity contribution in [1.82, 2.24) is 5.32 Å². The first kappa shape index (κ1) is 14.3. The number of nitrogens with one attached hydrogen (secondary N) is 2. The number of ether oxygens (including phenoxy) is 1. The number of halogens is 1. The van der Waals surface area contributed by atoms with Gasteiger partial charge in [0.25, 0.3) is 0 Å². The fraction of sp³-hybridized carbons (Fsp3) is 0.455. The summed E-state index contributed by atoms with van der Waals surface area (Å²) in [6, 6.07) is 3.99. The lowest BCUT2D eigenvalue weighted by atomic mass is 10.2. The van der Waals surface area contributed by atoms with Crippen LogP contribution in [0.2, 0.25) is 0 Å². The van der Waals surface area contributed by atoms with Gasteiger partial charge in [-0.05, 0) is 12.1 Å². The first-order valence-corrected chi connectivity index (χ1v) is 5.53. The maximum Gasteiger partial charge on any atom is 0.327 e. The highest BCUT2D eigenvalue weighted by Gasteiger charge is 2.18. The average molecular weight is 257 g/mol. The van der Waals surface area contributed by atoms with Gasteiger partial charge in [0, 0.05) is 26.7 Å². The SMILES string of the molecule is COCCNCCNc1cccc(F)c1[N+](=O)[O-]. The number of methoxy groups -OCH3 is 1. The zero-order valence-electron chi connectivity index (χ0n) is 10.1. The molecule has 0 bridgehead atoms. The van der Waals surface area contributed by atoms with Crippen LogP contribution in [0.5, 0.6) is 0 Å². The topological polar surface area (TPSA) is 76.4 Å². The summed E-state index contributed by atoms with van der Waals surface area (Å²) in [5.41, 5.74) is -0.331. The molecule has 0 aliphatic carbocycles. The molecule has 0 amide bonds. The predicted octanol–water partition coefficient (Wildman–Crippen LogP) is 1.38. The summed E-state index contributed by atoms with van der Waals surface area (Å²) in [4.78, 5) is 9.98. The third-order valence-electron chi connectivity index (χ3n) is 2.27. The van der Waals surface area contributed by atoms with E-state index < -0.39 is 16.4 Å². The monoisotopic (exact) mass is 257 g/mol. The van der Waals surface area contributed by atoms with Crippen LogP contribution in [-0.2, 0) is 4.74 Å². The normalized spacial score (nSPS) is 10.3. The van der Waals surface area contributed by atoms with Gasteiger partial charge in [0.1, 0.15) is 5.69 Å². The van der Waals surface area contributed by atoms with Gasteiger partial charge in [-0.3, -0.25) is 10.1 Å². The number of para-hydroxylation sites is 1. The van der Waals surface area contributed by atoms with E-state index in [9.17, 15) is 14.5 Å². The van der Waals surface area contributed by atoms with Crippen molar-refractivity contribution in [3.63, 3.8) is 0 Å². The van der Waals surface area contributed by atoms with Crippen LogP contribution in [0.3, 0.4) is 0 Å². The number of rotatable bonds is 8. The molecule has 0 unspecified atom stereocenters. The van der Waals surface area contributed by atoms with E-state index in [1.54, 1.807) is 7.11 Å². The van der Waals surface area contributed by atoms with Crippen molar-refractivity contribution in [3.8, 4) is 0 Å². The Hall–Kier alpha value is -1.73. The Morgan fingerprint density at radius 2 is 2.17 bits per heavy atom. The van der Waals surface area contributed by atoms with Crippen LogP contribution >= 0.6 is 0 Å². The Morgan fingerprint density at radius 3 is 2.83 bits per heavy atom. The number of hydrogen-bond acceptors (Lipinski definition) is 5. The van der Waals surface area contributed by atoms with Crippen molar-refractivity contribution in [3.05, 3.63) is 34.1 Å². The number of nitro groups is 1. The number of nitro benzene ring substituents is 1. The maximum atomic E-state index is 13.3. The molecule has 0 aliphatic rings. The van der Waals surface area contributed by atoms with E-state index in [2.05, 4.69) is 10.6 Å². The van der Waals surface area contributed by atoms with Crippen LogP contribution in [0.15, 0.2) is 18.2 Å². The van der Waals surface area contributed by atoms with E-state index in [0.29, 0.717) is 26.2 Å². The summed E-state index contributed by atoms with van der Waals surface area (Å²) in [7, 11) is 1.61. The minimum atomic E-state index is -0.836. The molecule has 18 heavy (non-hydrogen) atoms. The molecule has 0 atom stereocenters. The molecule has 100 valence electrons. The summed E-state index contributed by atoms with van der Waals surface area (Å²) in [5, 5.41) is 16.6. The lowest BCUT2D eigenvalue weighted by Gasteiger charge is -2.08. The second-order valence-corrected chi connectivity index (χ2v) is 3.56. The first-order chi connectivity index (χ1) is 8.66. The maximum absolute atomic E-state index is 13.3. The minimum Gasteiger partial charge on any atom is -0.383 e. The van der Waals surface area contributed by atoms with Crippen molar-refractivity contribution >= 4 is 11.4 Å². The molecule has 0 aromatic heterocycles. The van der Waals surface area contributed by atoms with E-state index in [-0.39, 0.29) is 5.69 Å². The smallest absolute Gasteiger partial charge is 0.327 e. The molecule has 1 aromatic carbocycles. The van der Waals surface area contributed by atoms with Crippen LogP contribution in [0.4, 0.5) is 15.8 Å². The second-order valence-electron chi connectivity index (χ2n) is 3.56. The molecule has 0 heterocycles. The van der Waals surface area contributed by atoms with Gasteiger partial charge in [-0.1, -0.05) is 6.07 Å². The molecule has 0 radical (unpaired) electrons. The molecule has 6 nitrogen and oxygen atoms in total. The van der Waals surface area contributed by atoms with Crippen molar-refractivity contribution < 1.29 is 14.1 Å². The van der Waals surface area contributed by atoms with Crippen molar-refractivity contribution in [1.29, 1.82) is 0 Å². The van der Waals surface area contributed by atoms with Gasteiger partial charge in [-0.15, -0.1) is 0 Å². The van der Waals surface area contributed by atoms with Crippen LogP contribution < -0.4 is 10.6 Å². The standard InChI is InChI=1S/C11H16FN3O3/c1-18-8-7-13-5-6-14-10-4-2-3-9(12)11(10)15(16)17/h2-4,13-14H,5-8H2,1H3. The van der Waals surface area contributed by atoms with E-state index in [4.69, 9.17) is 4.74 Å². The molecule has 2 N–H and O–H groups in total. The molecular weight excluding hydrogens is 241 g/mol. The summed E-state index contributed by atoms with van der Waals surface area (Å²) < 4.78 is 18.1. The van der Waals surface area contributed by atoms with E-state index in [1.165, 1.54) is 12.1 Å². The van der Waals surface area contributed by atoms with Gasteiger partial charge in [-0.25, -0.2) is 0 Å². The highest BCUT2D eigenvalue weighted by Crippen LogP contribution is 2.26. The van der Waals surface area contributed by atoms with Crippen LogP contribution in [0.1, 0.15) is 0 Å². The summed E-state index contributed by atoms with van der Waals surface area (Å²) in [5.74, 6) is -0.836. The lowest BCUT2D eigenvalue weighted by Crippen LogP contribution is -2.25. The predicted molar refractivity (Wildman–Crippen MR) is 66.3 cm³/mol. The highest BCUT2D eigenvalue weighted by molar-refractivity contribution is 5.61. The number of hydrogen-bond donors (Lipinski definition) is 2. The first-order valence-electron chi connectivity index (χ1n) is 5.53. The summed E-state index contributed by atoms with van der Waals surface area (Å²) >= 11 is 0. The van der Waals surface area contributed by atoms with Gasteiger partial charge in [0.05, 0.1) is 11.5 Å². The molecule has 1 rings (SSSR count). The van der Waals surface area contributed by atoms with Gasteiger partial charge < -0.3 is 15.4 Å². The zero-order valence-corrected chi connectivity index (χ0v) is 10.1. The molecule has 0 fully saturated rings. The third-order valence-corrected chi connectivity index (χ3v) is 2.27.